The zero-order valence-corrected chi connectivity index (χ0v) is 43.3. The smallest absolute Gasteiger partial charge is 0.870 e. The fourth-order valence-corrected chi connectivity index (χ4v) is 8.46. The number of hydrogen-bond donors (Lipinski definition) is 3. The van der Waals surface area contributed by atoms with Gasteiger partial charge in [-0.3, -0.25) is 33.8 Å². The van der Waals surface area contributed by atoms with Crippen LogP contribution in [-0.2, 0) is 28.8 Å². The number of piperidine rings is 2. The molecular weight excluding hydrogens is 808 g/mol. The van der Waals surface area contributed by atoms with Crippen LogP contribution in [0.2, 0.25) is 0 Å². The number of aliphatic carboxylic acids is 1. The second-order valence-corrected chi connectivity index (χ2v) is 19.4. The van der Waals surface area contributed by atoms with Crippen molar-refractivity contribution in [3.63, 3.8) is 0 Å². The van der Waals surface area contributed by atoms with Crippen molar-refractivity contribution in [1.29, 1.82) is 0 Å². The molecule has 0 radical (unpaired) electrons. The van der Waals surface area contributed by atoms with Crippen molar-refractivity contribution in [1.82, 2.24) is 30.2 Å². The Morgan fingerprint density at radius 2 is 0.922 bits per heavy atom. The molecule has 0 aromatic rings. The minimum Gasteiger partial charge on any atom is -0.870 e. The van der Waals surface area contributed by atoms with Crippen LogP contribution in [0.1, 0.15) is 155 Å². The van der Waals surface area contributed by atoms with Crippen molar-refractivity contribution < 1.29 is 58.2 Å². The Morgan fingerprint density at radius 1 is 0.594 bits per heavy atom. The van der Waals surface area contributed by atoms with Crippen molar-refractivity contribution in [2.75, 3.05) is 27.2 Å². The van der Waals surface area contributed by atoms with E-state index in [2.05, 4.69) is 48.1 Å². The topological polar surface area (TPSA) is 190 Å². The van der Waals surface area contributed by atoms with Crippen LogP contribution in [0.5, 0.6) is 0 Å². The summed E-state index contributed by atoms with van der Waals surface area (Å²) >= 11 is 0. The van der Waals surface area contributed by atoms with E-state index in [0.717, 1.165) is 64.5 Å². The molecule has 2 saturated heterocycles. The molecule has 0 aromatic carbocycles. The van der Waals surface area contributed by atoms with Gasteiger partial charge in [0.25, 0.3) is 0 Å². The van der Waals surface area contributed by atoms with Crippen LogP contribution in [0.15, 0.2) is 23.3 Å². The van der Waals surface area contributed by atoms with Gasteiger partial charge in [-0.1, -0.05) is 94.2 Å². The van der Waals surface area contributed by atoms with E-state index in [1.165, 1.54) is 13.8 Å². The minimum atomic E-state index is -0.998. The van der Waals surface area contributed by atoms with Crippen molar-refractivity contribution in [2.45, 2.75) is 204 Å². The molecule has 2 aliphatic heterocycles. The molecule has 4 amide bonds. The number of amides is 4. The fourth-order valence-electron chi connectivity index (χ4n) is 8.46. The van der Waals surface area contributed by atoms with E-state index in [4.69, 9.17) is 0 Å². The number of carbonyl (C=O) groups excluding carboxylic acids is 5. The maximum absolute atomic E-state index is 13.5. The van der Waals surface area contributed by atoms with Gasteiger partial charge in [0.1, 0.15) is 12.1 Å². The number of carbonyl (C=O) groups is 6. The summed E-state index contributed by atoms with van der Waals surface area (Å²) in [5, 5.41) is 15.4. The van der Waals surface area contributed by atoms with E-state index in [1.807, 2.05) is 61.5 Å². The third-order valence-electron chi connectivity index (χ3n) is 13.2. The number of rotatable bonds is 20. The number of allylic oxidation sites excluding steroid dienone is 1. The first kappa shape index (κ1) is 63.1. The number of nitrogens with one attached hydrogen (secondary N) is 2. The molecule has 0 aliphatic carbocycles. The molecule has 8 atom stereocenters. The van der Waals surface area contributed by atoms with Gasteiger partial charge >= 0.3 is 24.8 Å². The van der Waals surface area contributed by atoms with E-state index in [-0.39, 0.29) is 107 Å². The third kappa shape index (κ3) is 18.7. The monoisotopic (exact) mass is 897 g/mol. The molecule has 2 heterocycles. The van der Waals surface area contributed by atoms with Gasteiger partial charge in [-0.2, -0.15) is 0 Å². The Kier molecular flexibility index (Phi) is 29.9. The molecule has 2 aliphatic rings. The number of carboxylic acid groups (broad SMARTS) is 1. The van der Waals surface area contributed by atoms with Gasteiger partial charge in [0.15, 0.2) is 5.78 Å². The van der Waals surface area contributed by atoms with Gasteiger partial charge in [0.2, 0.25) is 23.6 Å². The van der Waals surface area contributed by atoms with E-state index < -0.39 is 18.1 Å². The van der Waals surface area contributed by atoms with Crippen LogP contribution in [-0.4, -0.2) is 141 Å². The summed E-state index contributed by atoms with van der Waals surface area (Å²) in [6, 6.07) is -1.54. The summed E-state index contributed by atoms with van der Waals surface area (Å²) < 4.78 is 0. The summed E-state index contributed by atoms with van der Waals surface area (Å²) in [6.45, 7) is 31.0. The largest absolute Gasteiger partial charge is 1.00 e. The molecule has 0 saturated carbocycles. The van der Waals surface area contributed by atoms with Gasteiger partial charge in [-0.15, -0.1) is 0 Å². The zero-order valence-electron chi connectivity index (χ0n) is 43.3. The van der Waals surface area contributed by atoms with Crippen LogP contribution in [0.25, 0.3) is 0 Å². The zero-order chi connectivity index (χ0) is 47.8. The SMILES string of the molecule is CCC(C)N1CCCCC1C(=O)NC(C(=O)N(C)[C@H](/C=C(\C)C(=O)O)C(C)C)C(C)C.CCC(C)N1CCCCC1C(=O)NC(C(=O)N(C)[C@H](/C=C(\C)C(C)=O)C(C)C)C(C)C.[Li+].[OH-]. The maximum Gasteiger partial charge on any atom is 1.00 e. The molecule has 2 rings (SSSR count). The summed E-state index contributed by atoms with van der Waals surface area (Å²) in [5.74, 6) is -1.37. The molecule has 0 spiro atoms. The predicted molar refractivity (Wildman–Crippen MR) is 252 cm³/mol. The molecule has 364 valence electrons. The van der Waals surface area contributed by atoms with Gasteiger partial charge < -0.3 is 31.0 Å². The third-order valence-corrected chi connectivity index (χ3v) is 13.2. The van der Waals surface area contributed by atoms with Crippen LogP contribution >= 0.6 is 0 Å². The number of likely N-dealkylation sites (tertiary alicyclic amines) is 2. The summed E-state index contributed by atoms with van der Waals surface area (Å²) in [4.78, 5) is 84.2. The number of hydrogen-bond acceptors (Lipinski definition) is 9. The van der Waals surface area contributed by atoms with Gasteiger partial charge in [0.05, 0.1) is 24.2 Å². The summed E-state index contributed by atoms with van der Waals surface area (Å²) in [5.41, 5.74) is 0.852. The quantitative estimate of drug-likeness (QED) is 0.119. The van der Waals surface area contributed by atoms with Crippen molar-refractivity contribution in [3.8, 4) is 0 Å². The van der Waals surface area contributed by atoms with E-state index >= 15 is 0 Å². The fraction of sp³-hybridized carbons (Fsp3) is 0.796. The Bertz CT molecular complexity index is 1440. The molecule has 64 heavy (non-hydrogen) atoms. The van der Waals surface area contributed by atoms with Gasteiger partial charge in [0, 0.05) is 31.8 Å². The van der Waals surface area contributed by atoms with Crippen molar-refractivity contribution in [2.24, 2.45) is 23.7 Å². The number of nitrogens with zero attached hydrogens (tertiary/aromatic N) is 4. The van der Waals surface area contributed by atoms with Gasteiger partial charge in [-0.05, 0) is 115 Å². The Morgan fingerprint density at radius 3 is 1.19 bits per heavy atom. The Balaban J connectivity index is 0. The van der Waals surface area contributed by atoms with E-state index in [1.54, 1.807) is 36.9 Å². The summed E-state index contributed by atoms with van der Waals surface area (Å²) in [6.07, 6.45) is 11.4. The standard InChI is InChI=1S/C25H45N3O3.C24H43N3O4.Li.H2O/c1-10-19(7)28-14-12-11-13-21(28)24(30)26-23(17(4)5)25(31)27(9)22(16(2)3)15-18(6)20(8)29;1-9-18(7)27-13-11-10-12-19(27)22(28)25-21(16(4)5)23(29)26(8)20(15(2)3)14-17(6)24(30)31;;/h15-17,19,21-23H,10-14H2,1-9H3,(H,26,30);14-16,18-21H,9-13H2,1-8H3,(H,25,28)(H,30,31);;1H2/q;;+1;/p-1/b18-15+;17-14+;;/t19?,21?,22-,23?;18?,19?,20-,21?;;/m11../s1. The molecular formula is C49H89LiN6O8. The predicted octanol–water partition coefficient (Wildman–Crippen LogP) is 3.92. The molecule has 14 nitrogen and oxygen atoms in total. The average Bonchev–Trinajstić information content (AvgIpc) is 3.23. The number of ketones is 1. The first-order valence-corrected chi connectivity index (χ1v) is 23.6. The Hall–Kier alpha value is -3.02. The second kappa shape index (κ2) is 30.3. The minimum absolute atomic E-state index is 0. The molecule has 2 fully saturated rings. The van der Waals surface area contributed by atoms with Crippen LogP contribution in [0, 0.1) is 23.7 Å². The first-order chi connectivity index (χ1) is 28.8. The molecule has 15 heteroatoms. The van der Waals surface area contributed by atoms with Crippen LogP contribution in [0.3, 0.4) is 0 Å². The second-order valence-electron chi connectivity index (χ2n) is 19.4. The van der Waals surface area contributed by atoms with Gasteiger partial charge in [-0.25, -0.2) is 4.79 Å². The van der Waals surface area contributed by atoms with Crippen LogP contribution < -0.4 is 29.5 Å². The van der Waals surface area contributed by atoms with E-state index in [9.17, 15) is 33.9 Å². The van der Waals surface area contributed by atoms with Crippen molar-refractivity contribution in [3.05, 3.63) is 23.3 Å². The molecule has 6 unspecified atom stereocenters. The molecule has 4 N–H and O–H groups in total. The Labute approximate surface area is 400 Å². The van der Waals surface area contributed by atoms with E-state index in [0.29, 0.717) is 17.7 Å². The van der Waals surface area contributed by atoms with Crippen LogP contribution in [0.4, 0.5) is 0 Å². The first-order valence-electron chi connectivity index (χ1n) is 23.6. The maximum atomic E-state index is 13.5. The number of Topliss-reactive ketones (excluding diaryl/α,β-unsaturated/α-hetero) is 1. The normalized spacial score (nSPS) is 20.3. The average molecular weight is 897 g/mol. The summed E-state index contributed by atoms with van der Waals surface area (Å²) in [7, 11) is 3.46. The van der Waals surface area contributed by atoms with Crippen molar-refractivity contribution >= 4 is 35.4 Å². The molecule has 0 aromatic heterocycles. The number of likely N-dealkylation sites (N-methyl/N-ethyl adjacent to an activating group) is 2. The molecule has 0 bridgehead atoms. The number of carboxylic acids is 1.